The second-order valence-corrected chi connectivity index (χ2v) is 4.51. The highest BCUT2D eigenvalue weighted by molar-refractivity contribution is 5.83. The molecular formula is C13H14F2O. The molecule has 0 spiro atoms. The van der Waals surface area contributed by atoms with Crippen molar-refractivity contribution in [2.45, 2.75) is 26.2 Å². The van der Waals surface area contributed by atoms with Crippen LogP contribution in [0.3, 0.4) is 0 Å². The van der Waals surface area contributed by atoms with Gasteiger partial charge in [-0.3, -0.25) is 4.79 Å². The van der Waals surface area contributed by atoms with Crippen LogP contribution in [0.25, 0.3) is 0 Å². The van der Waals surface area contributed by atoms with Gasteiger partial charge in [-0.05, 0) is 36.5 Å². The molecule has 1 aromatic carbocycles. The van der Waals surface area contributed by atoms with Gasteiger partial charge in [-0.25, -0.2) is 8.78 Å². The van der Waals surface area contributed by atoms with Crippen LogP contribution in [0.2, 0.25) is 0 Å². The number of rotatable bonds is 2. The van der Waals surface area contributed by atoms with Gasteiger partial charge in [0, 0.05) is 12.3 Å². The molecule has 1 aromatic rings. The molecule has 16 heavy (non-hydrogen) atoms. The number of hydrogen-bond acceptors (Lipinski definition) is 1. The zero-order valence-corrected chi connectivity index (χ0v) is 9.17. The minimum Gasteiger partial charge on any atom is -0.299 e. The summed E-state index contributed by atoms with van der Waals surface area (Å²) in [5.41, 5.74) is 0.769. The van der Waals surface area contributed by atoms with Crippen LogP contribution < -0.4 is 0 Å². The summed E-state index contributed by atoms with van der Waals surface area (Å²) in [7, 11) is 0. The molecule has 1 saturated carbocycles. The lowest BCUT2D eigenvalue weighted by Crippen LogP contribution is -2.12. The molecule has 0 heterocycles. The fourth-order valence-electron chi connectivity index (χ4n) is 2.32. The molecule has 0 aromatic heterocycles. The van der Waals surface area contributed by atoms with Crippen LogP contribution in [0.4, 0.5) is 8.78 Å². The lowest BCUT2D eigenvalue weighted by atomic mass is 9.91. The van der Waals surface area contributed by atoms with Crippen LogP contribution >= 0.6 is 0 Å². The van der Waals surface area contributed by atoms with E-state index < -0.39 is 11.6 Å². The monoisotopic (exact) mass is 224 g/mol. The Hall–Kier alpha value is -1.25. The summed E-state index contributed by atoms with van der Waals surface area (Å²) in [6.07, 6.45) is 2.14. The van der Waals surface area contributed by atoms with Gasteiger partial charge in [0.1, 0.15) is 5.78 Å². The molecule has 0 saturated heterocycles. The Labute approximate surface area is 93.5 Å². The average Bonchev–Trinajstić information content (AvgIpc) is 2.55. The number of carbonyl (C=O) groups excluding carboxylic acids is 1. The molecule has 0 bridgehead atoms. The highest BCUT2D eigenvalue weighted by atomic mass is 19.2. The topological polar surface area (TPSA) is 17.1 Å². The highest BCUT2D eigenvalue weighted by Crippen LogP contribution is 2.31. The third-order valence-corrected chi connectivity index (χ3v) is 3.46. The summed E-state index contributed by atoms with van der Waals surface area (Å²) in [5, 5.41) is 0. The first-order valence-corrected chi connectivity index (χ1v) is 5.54. The Bertz CT molecular complexity index is 414. The van der Waals surface area contributed by atoms with Crippen molar-refractivity contribution in [3.8, 4) is 0 Å². The summed E-state index contributed by atoms with van der Waals surface area (Å²) >= 11 is 0. The van der Waals surface area contributed by atoms with Crippen molar-refractivity contribution >= 4 is 5.78 Å². The molecule has 3 heteroatoms. The third-order valence-electron chi connectivity index (χ3n) is 3.46. The third kappa shape index (κ3) is 2.13. The number of Topliss-reactive ketones (excluding diaryl/α,β-unsaturated/α-hetero) is 1. The lowest BCUT2D eigenvalue weighted by Gasteiger charge is -2.13. The molecule has 0 radical (unpaired) electrons. The molecule has 2 unspecified atom stereocenters. The van der Waals surface area contributed by atoms with Gasteiger partial charge in [0.2, 0.25) is 0 Å². The number of hydrogen-bond donors (Lipinski definition) is 0. The van der Waals surface area contributed by atoms with Crippen molar-refractivity contribution in [2.75, 3.05) is 0 Å². The zero-order chi connectivity index (χ0) is 11.7. The maximum atomic E-state index is 13.0. The van der Waals surface area contributed by atoms with Crippen molar-refractivity contribution in [3.05, 3.63) is 35.4 Å². The van der Waals surface area contributed by atoms with Crippen LogP contribution in [-0.2, 0) is 11.2 Å². The van der Waals surface area contributed by atoms with Crippen LogP contribution in [0.1, 0.15) is 25.3 Å². The van der Waals surface area contributed by atoms with E-state index in [0.717, 1.165) is 18.1 Å². The van der Waals surface area contributed by atoms with E-state index in [1.807, 2.05) is 6.92 Å². The van der Waals surface area contributed by atoms with Crippen LogP contribution in [0.5, 0.6) is 0 Å². The first kappa shape index (κ1) is 11.2. The van der Waals surface area contributed by atoms with Crippen molar-refractivity contribution < 1.29 is 13.6 Å². The Balaban J connectivity index is 2.09. The molecule has 1 aliphatic carbocycles. The SMILES string of the molecule is CC1C(=O)CCC1Cc1ccc(F)c(F)c1. The van der Waals surface area contributed by atoms with Crippen LogP contribution in [0, 0.1) is 23.5 Å². The standard InChI is InChI=1S/C13H14F2O/c1-8-10(3-5-13(8)16)6-9-2-4-11(14)12(15)7-9/h2,4,7-8,10H,3,5-6H2,1H3. The fourth-order valence-corrected chi connectivity index (χ4v) is 2.32. The van der Waals surface area contributed by atoms with E-state index in [2.05, 4.69) is 0 Å². The van der Waals surface area contributed by atoms with E-state index in [1.54, 1.807) is 6.07 Å². The number of ketones is 1. The average molecular weight is 224 g/mol. The second kappa shape index (κ2) is 4.32. The first-order chi connectivity index (χ1) is 7.58. The van der Waals surface area contributed by atoms with Gasteiger partial charge in [0.15, 0.2) is 11.6 Å². The lowest BCUT2D eigenvalue weighted by molar-refractivity contribution is -0.120. The normalized spacial score (nSPS) is 25.1. The molecule has 2 atom stereocenters. The molecule has 0 aliphatic heterocycles. The second-order valence-electron chi connectivity index (χ2n) is 4.51. The van der Waals surface area contributed by atoms with Crippen molar-refractivity contribution in [1.82, 2.24) is 0 Å². The largest absolute Gasteiger partial charge is 0.299 e. The van der Waals surface area contributed by atoms with Crippen LogP contribution in [0.15, 0.2) is 18.2 Å². The van der Waals surface area contributed by atoms with Gasteiger partial charge in [0.25, 0.3) is 0 Å². The van der Waals surface area contributed by atoms with Gasteiger partial charge in [-0.2, -0.15) is 0 Å². The van der Waals surface area contributed by atoms with E-state index in [1.165, 1.54) is 6.07 Å². The van der Waals surface area contributed by atoms with E-state index in [4.69, 9.17) is 0 Å². The Kier molecular flexibility index (Phi) is 3.03. The van der Waals surface area contributed by atoms with E-state index in [0.29, 0.717) is 12.8 Å². The number of carbonyl (C=O) groups is 1. The van der Waals surface area contributed by atoms with Crippen molar-refractivity contribution in [1.29, 1.82) is 0 Å². The molecule has 86 valence electrons. The molecule has 1 aliphatic rings. The molecule has 0 N–H and O–H groups in total. The molecule has 2 rings (SSSR count). The molecule has 1 nitrogen and oxygen atoms in total. The summed E-state index contributed by atoms with van der Waals surface area (Å²) in [5.74, 6) is -1.02. The van der Waals surface area contributed by atoms with Gasteiger partial charge < -0.3 is 0 Å². The maximum absolute atomic E-state index is 13.0. The number of halogens is 2. The Morgan fingerprint density at radius 3 is 2.62 bits per heavy atom. The summed E-state index contributed by atoms with van der Waals surface area (Å²) in [4.78, 5) is 11.4. The smallest absolute Gasteiger partial charge is 0.159 e. The molecular weight excluding hydrogens is 210 g/mol. The summed E-state index contributed by atoms with van der Waals surface area (Å²) in [6, 6.07) is 3.96. The Morgan fingerprint density at radius 2 is 2.06 bits per heavy atom. The number of benzene rings is 1. The van der Waals surface area contributed by atoms with Gasteiger partial charge in [0.05, 0.1) is 0 Å². The minimum atomic E-state index is -0.820. The van der Waals surface area contributed by atoms with Gasteiger partial charge in [-0.1, -0.05) is 13.0 Å². The summed E-state index contributed by atoms with van der Waals surface area (Å²) < 4.78 is 25.7. The predicted molar refractivity (Wildman–Crippen MR) is 57.0 cm³/mol. The summed E-state index contributed by atoms with van der Waals surface area (Å²) in [6.45, 7) is 1.92. The van der Waals surface area contributed by atoms with Gasteiger partial charge in [-0.15, -0.1) is 0 Å². The van der Waals surface area contributed by atoms with Crippen LogP contribution in [-0.4, -0.2) is 5.78 Å². The zero-order valence-electron chi connectivity index (χ0n) is 9.17. The quantitative estimate of drug-likeness (QED) is 0.754. The van der Waals surface area contributed by atoms with Gasteiger partial charge >= 0.3 is 0 Å². The highest BCUT2D eigenvalue weighted by Gasteiger charge is 2.30. The minimum absolute atomic E-state index is 0.0492. The van der Waals surface area contributed by atoms with Crippen molar-refractivity contribution in [3.63, 3.8) is 0 Å². The van der Waals surface area contributed by atoms with Crippen molar-refractivity contribution in [2.24, 2.45) is 11.8 Å². The van der Waals surface area contributed by atoms with E-state index >= 15 is 0 Å². The molecule has 1 fully saturated rings. The Morgan fingerprint density at radius 1 is 1.31 bits per heavy atom. The molecule has 0 amide bonds. The van der Waals surface area contributed by atoms with E-state index in [-0.39, 0.29) is 17.6 Å². The van der Waals surface area contributed by atoms with E-state index in [9.17, 15) is 13.6 Å². The maximum Gasteiger partial charge on any atom is 0.159 e. The first-order valence-electron chi connectivity index (χ1n) is 5.54. The predicted octanol–water partition coefficient (Wildman–Crippen LogP) is 3.12. The fraction of sp³-hybridized carbons (Fsp3) is 0.462.